The number of hydrogen-bond acceptors (Lipinski definition) is 5. The fourth-order valence-corrected chi connectivity index (χ4v) is 4.34. The molecule has 2 aliphatic rings. The number of hydrogen-bond donors (Lipinski definition) is 1. The van der Waals surface area contributed by atoms with Gasteiger partial charge in [0.05, 0.1) is 5.92 Å². The zero-order valence-corrected chi connectivity index (χ0v) is 12.8. The average Bonchev–Trinajstić information content (AvgIpc) is 3.22. The van der Waals surface area contributed by atoms with Crippen LogP contribution in [0.4, 0.5) is 0 Å². The van der Waals surface area contributed by atoms with Crippen LogP contribution in [-0.4, -0.2) is 22.4 Å². The molecule has 4 nitrogen and oxygen atoms in total. The van der Waals surface area contributed by atoms with E-state index in [0.29, 0.717) is 17.7 Å². The van der Waals surface area contributed by atoms with Gasteiger partial charge in [-0.15, -0.1) is 11.8 Å². The molecule has 2 aromatic rings. The monoisotopic (exact) mass is 301 g/mol. The quantitative estimate of drug-likeness (QED) is 0.881. The molecule has 1 aromatic heterocycles. The lowest BCUT2D eigenvalue weighted by atomic mass is 9.85. The summed E-state index contributed by atoms with van der Waals surface area (Å²) in [4.78, 5) is 5.86. The van der Waals surface area contributed by atoms with Crippen molar-refractivity contribution in [2.24, 2.45) is 17.6 Å². The number of benzene rings is 1. The van der Waals surface area contributed by atoms with Crippen molar-refractivity contribution in [1.29, 1.82) is 0 Å². The van der Waals surface area contributed by atoms with E-state index in [-0.39, 0.29) is 12.0 Å². The van der Waals surface area contributed by atoms with Crippen molar-refractivity contribution in [2.45, 2.75) is 36.1 Å². The normalized spacial score (nSPS) is 31.0. The van der Waals surface area contributed by atoms with Crippen molar-refractivity contribution in [1.82, 2.24) is 10.1 Å². The van der Waals surface area contributed by atoms with Crippen molar-refractivity contribution in [3.63, 3.8) is 0 Å². The number of nitrogens with two attached hydrogens (primary N) is 1. The summed E-state index contributed by atoms with van der Waals surface area (Å²) >= 11 is 1.73. The highest BCUT2D eigenvalue weighted by Crippen LogP contribution is 2.51. The van der Waals surface area contributed by atoms with Gasteiger partial charge in [0.15, 0.2) is 0 Å². The molecule has 4 atom stereocenters. The average molecular weight is 301 g/mol. The summed E-state index contributed by atoms with van der Waals surface area (Å²) < 4.78 is 5.54. The van der Waals surface area contributed by atoms with Crippen molar-refractivity contribution < 1.29 is 4.52 Å². The minimum absolute atomic E-state index is 0.191. The van der Waals surface area contributed by atoms with Crippen LogP contribution >= 0.6 is 11.8 Å². The summed E-state index contributed by atoms with van der Waals surface area (Å²) in [6, 6.07) is 8.44. The Balaban J connectivity index is 1.60. The number of thioether (sulfide) groups is 1. The topological polar surface area (TPSA) is 64.9 Å². The Morgan fingerprint density at radius 1 is 1.19 bits per heavy atom. The maximum absolute atomic E-state index is 6.35. The number of rotatable bonds is 3. The van der Waals surface area contributed by atoms with Crippen LogP contribution in [0.3, 0.4) is 0 Å². The van der Waals surface area contributed by atoms with Crippen molar-refractivity contribution in [3.8, 4) is 11.4 Å². The van der Waals surface area contributed by atoms with Crippen molar-refractivity contribution in [2.75, 3.05) is 6.26 Å². The summed E-state index contributed by atoms with van der Waals surface area (Å²) in [5.74, 6) is 2.95. The van der Waals surface area contributed by atoms with E-state index < -0.39 is 0 Å². The van der Waals surface area contributed by atoms with E-state index in [4.69, 9.17) is 10.3 Å². The number of aromatic nitrogens is 2. The molecule has 0 radical (unpaired) electrons. The van der Waals surface area contributed by atoms with Gasteiger partial charge in [-0.25, -0.2) is 0 Å². The van der Waals surface area contributed by atoms with Crippen LogP contribution in [0.1, 0.15) is 31.1 Å². The highest BCUT2D eigenvalue weighted by atomic mass is 32.2. The van der Waals surface area contributed by atoms with Gasteiger partial charge in [0.2, 0.25) is 11.7 Å². The van der Waals surface area contributed by atoms with Crippen molar-refractivity contribution >= 4 is 11.8 Å². The predicted octanol–water partition coefficient (Wildman–Crippen LogP) is 3.30. The van der Waals surface area contributed by atoms with E-state index in [1.54, 1.807) is 11.8 Å². The maximum Gasteiger partial charge on any atom is 0.231 e. The second kappa shape index (κ2) is 5.14. The summed E-state index contributed by atoms with van der Waals surface area (Å²) in [6.45, 7) is 0. The standard InChI is InChI=1S/C16H19N3OS/c1-21-12-6-4-9(5-7-12)15-18-16(20-19-15)13-10-2-3-11(8-10)14(13)17/h4-7,10-11,13-14H,2-3,8,17H2,1H3. The minimum Gasteiger partial charge on any atom is -0.339 e. The Labute approximate surface area is 128 Å². The van der Waals surface area contributed by atoms with Gasteiger partial charge in [-0.2, -0.15) is 4.98 Å². The van der Waals surface area contributed by atoms with E-state index in [1.807, 2.05) is 12.1 Å². The summed E-state index contributed by atoms with van der Waals surface area (Å²) in [5, 5.41) is 4.16. The lowest BCUT2D eigenvalue weighted by Crippen LogP contribution is -2.34. The van der Waals surface area contributed by atoms with Gasteiger partial charge in [0.25, 0.3) is 0 Å². The first-order chi connectivity index (χ1) is 10.3. The first-order valence-electron chi connectivity index (χ1n) is 7.50. The van der Waals surface area contributed by atoms with Crippen LogP contribution in [0.25, 0.3) is 11.4 Å². The van der Waals surface area contributed by atoms with Crippen LogP contribution in [0, 0.1) is 11.8 Å². The lowest BCUT2D eigenvalue weighted by molar-refractivity contribution is 0.279. The van der Waals surface area contributed by atoms with Gasteiger partial charge >= 0.3 is 0 Å². The van der Waals surface area contributed by atoms with Gasteiger partial charge in [0, 0.05) is 16.5 Å². The lowest BCUT2D eigenvalue weighted by Gasteiger charge is -2.24. The SMILES string of the molecule is CSc1ccc(-c2noc(C3C4CCC(C4)C3N)n2)cc1. The summed E-state index contributed by atoms with van der Waals surface area (Å²) in [6.07, 6.45) is 5.81. The summed E-state index contributed by atoms with van der Waals surface area (Å²) in [5.41, 5.74) is 7.35. The molecule has 2 N–H and O–H groups in total. The molecule has 0 amide bonds. The highest BCUT2D eigenvalue weighted by molar-refractivity contribution is 7.98. The van der Waals surface area contributed by atoms with Crippen LogP contribution in [0.15, 0.2) is 33.7 Å². The predicted molar refractivity (Wildman–Crippen MR) is 83.1 cm³/mol. The molecule has 0 spiro atoms. The Morgan fingerprint density at radius 3 is 2.62 bits per heavy atom. The molecule has 0 saturated heterocycles. The summed E-state index contributed by atoms with van der Waals surface area (Å²) in [7, 11) is 0. The van der Waals surface area contributed by atoms with Crippen molar-refractivity contribution in [3.05, 3.63) is 30.2 Å². The first-order valence-corrected chi connectivity index (χ1v) is 8.72. The molecule has 21 heavy (non-hydrogen) atoms. The molecule has 4 rings (SSSR count). The Morgan fingerprint density at radius 2 is 1.95 bits per heavy atom. The highest BCUT2D eigenvalue weighted by Gasteiger charge is 2.48. The molecule has 2 aliphatic carbocycles. The zero-order chi connectivity index (χ0) is 14.4. The molecule has 2 bridgehead atoms. The van der Waals surface area contributed by atoms with Crippen LogP contribution in [0.5, 0.6) is 0 Å². The fraction of sp³-hybridized carbons (Fsp3) is 0.500. The van der Waals surface area contributed by atoms with E-state index in [9.17, 15) is 0 Å². The molecule has 1 aromatic carbocycles. The van der Waals surface area contributed by atoms with Crippen LogP contribution in [-0.2, 0) is 0 Å². The Bertz CT molecular complexity index is 637. The molecule has 0 aliphatic heterocycles. The molecular formula is C16H19N3OS. The zero-order valence-electron chi connectivity index (χ0n) is 12.0. The van der Waals surface area contributed by atoms with E-state index in [2.05, 4.69) is 28.5 Å². The first kappa shape index (κ1) is 13.3. The van der Waals surface area contributed by atoms with Gasteiger partial charge < -0.3 is 10.3 Å². The van der Waals surface area contributed by atoms with Crippen LogP contribution in [0.2, 0.25) is 0 Å². The third-order valence-corrected chi connectivity index (χ3v) is 5.80. The number of nitrogens with zero attached hydrogens (tertiary/aromatic N) is 2. The third-order valence-electron chi connectivity index (χ3n) is 5.06. The van der Waals surface area contributed by atoms with E-state index >= 15 is 0 Å². The number of fused-ring (bicyclic) bond motifs is 2. The fourth-order valence-electron chi connectivity index (χ4n) is 3.93. The molecule has 1 heterocycles. The largest absolute Gasteiger partial charge is 0.339 e. The molecule has 2 saturated carbocycles. The molecule has 2 fully saturated rings. The van der Waals surface area contributed by atoms with E-state index in [0.717, 1.165) is 11.5 Å². The molecule has 5 heteroatoms. The second-order valence-electron chi connectivity index (χ2n) is 6.12. The maximum atomic E-state index is 6.35. The van der Waals surface area contributed by atoms with Gasteiger partial charge in [-0.05, 0) is 61.6 Å². The Hall–Kier alpha value is -1.33. The molecular weight excluding hydrogens is 282 g/mol. The third kappa shape index (κ3) is 2.19. The minimum atomic E-state index is 0.191. The van der Waals surface area contributed by atoms with E-state index in [1.165, 1.54) is 24.2 Å². The molecule has 4 unspecified atom stereocenters. The van der Waals surface area contributed by atoms with Gasteiger partial charge in [-0.1, -0.05) is 5.16 Å². The van der Waals surface area contributed by atoms with Gasteiger partial charge in [-0.3, -0.25) is 0 Å². The second-order valence-corrected chi connectivity index (χ2v) is 7.00. The molecule has 110 valence electrons. The smallest absolute Gasteiger partial charge is 0.231 e. The van der Waals surface area contributed by atoms with Crippen LogP contribution < -0.4 is 5.73 Å². The van der Waals surface area contributed by atoms with Gasteiger partial charge in [0.1, 0.15) is 0 Å². The Kier molecular flexibility index (Phi) is 3.27.